The molecule has 0 spiro atoms. The lowest BCUT2D eigenvalue weighted by Crippen LogP contribution is -2.51. The van der Waals surface area contributed by atoms with E-state index >= 15 is 0 Å². The molecule has 3 saturated heterocycles. The Morgan fingerprint density at radius 1 is 1.16 bits per heavy atom. The number of benzene rings is 1. The highest BCUT2D eigenvalue weighted by atomic mass is 16.2. The van der Waals surface area contributed by atoms with Crippen molar-refractivity contribution in [2.24, 2.45) is 5.92 Å². The van der Waals surface area contributed by atoms with E-state index in [0.717, 1.165) is 45.3 Å². The maximum Gasteiger partial charge on any atom is 0.226 e. The van der Waals surface area contributed by atoms with Crippen LogP contribution in [0.2, 0.25) is 0 Å². The number of fused-ring (bicyclic) bond motifs is 2. The summed E-state index contributed by atoms with van der Waals surface area (Å²) in [6.45, 7) is 2.99. The Morgan fingerprint density at radius 2 is 1.88 bits per heavy atom. The number of nitrogens with zero attached hydrogens (tertiary/aromatic N) is 2. The topological polar surface area (TPSA) is 35.6 Å². The molecule has 3 aliphatic rings. The minimum atomic E-state index is 0.176. The van der Waals surface area contributed by atoms with E-state index in [2.05, 4.69) is 45.4 Å². The van der Waals surface area contributed by atoms with Crippen molar-refractivity contribution in [3.63, 3.8) is 0 Å². The van der Waals surface area contributed by atoms with Gasteiger partial charge in [0.15, 0.2) is 0 Å². The zero-order valence-corrected chi connectivity index (χ0v) is 15.4. The number of carbonyl (C=O) groups is 1. The molecule has 2 bridgehead atoms. The highest BCUT2D eigenvalue weighted by Gasteiger charge is 2.38. The molecular weight excluding hydrogens is 310 g/mol. The number of carbonyl (C=O) groups excluding carboxylic acids is 1. The molecule has 1 amide bonds. The first-order valence-electron chi connectivity index (χ1n) is 9.98. The first kappa shape index (κ1) is 17.0. The second-order valence-corrected chi connectivity index (χ2v) is 8.27. The molecule has 4 heteroatoms. The maximum absolute atomic E-state index is 13.1. The van der Waals surface area contributed by atoms with Crippen LogP contribution in [-0.2, 0) is 11.3 Å². The first-order valence-corrected chi connectivity index (χ1v) is 9.98. The van der Waals surface area contributed by atoms with E-state index in [1.807, 2.05) is 7.05 Å². The van der Waals surface area contributed by atoms with Gasteiger partial charge >= 0.3 is 0 Å². The van der Waals surface area contributed by atoms with E-state index in [1.165, 1.54) is 18.4 Å². The first-order chi connectivity index (χ1) is 12.2. The monoisotopic (exact) mass is 341 g/mol. The van der Waals surface area contributed by atoms with Crippen molar-refractivity contribution in [2.75, 3.05) is 20.1 Å². The Morgan fingerprint density at radius 3 is 2.60 bits per heavy atom. The van der Waals surface area contributed by atoms with E-state index in [-0.39, 0.29) is 5.92 Å². The fraction of sp³-hybridized carbons (Fsp3) is 0.667. The van der Waals surface area contributed by atoms with Crippen LogP contribution in [0.15, 0.2) is 30.3 Å². The molecule has 3 aliphatic heterocycles. The lowest BCUT2D eigenvalue weighted by atomic mass is 9.93. The van der Waals surface area contributed by atoms with Gasteiger partial charge in [-0.25, -0.2) is 0 Å². The average molecular weight is 341 g/mol. The number of piperidine rings is 2. The molecule has 3 unspecified atom stereocenters. The number of amides is 1. The highest BCUT2D eigenvalue weighted by molar-refractivity contribution is 5.79. The van der Waals surface area contributed by atoms with Crippen LogP contribution in [0.5, 0.6) is 0 Å². The number of likely N-dealkylation sites (tertiary alicyclic amines) is 1. The molecule has 4 rings (SSSR count). The summed E-state index contributed by atoms with van der Waals surface area (Å²) in [7, 11) is 2.05. The van der Waals surface area contributed by atoms with E-state index in [9.17, 15) is 4.79 Å². The molecular formula is C21H31N3O. The van der Waals surface area contributed by atoms with Crippen molar-refractivity contribution < 1.29 is 4.79 Å². The van der Waals surface area contributed by atoms with Crippen LogP contribution in [0.3, 0.4) is 0 Å². The maximum atomic E-state index is 13.1. The van der Waals surface area contributed by atoms with Crippen molar-refractivity contribution in [3.05, 3.63) is 35.9 Å². The lowest BCUT2D eigenvalue weighted by Gasteiger charge is -2.39. The van der Waals surface area contributed by atoms with Gasteiger partial charge in [0.25, 0.3) is 0 Å². The van der Waals surface area contributed by atoms with E-state index in [1.54, 1.807) is 0 Å². The molecule has 0 saturated carbocycles. The van der Waals surface area contributed by atoms with Crippen molar-refractivity contribution in [1.82, 2.24) is 15.1 Å². The second-order valence-electron chi connectivity index (χ2n) is 8.27. The summed E-state index contributed by atoms with van der Waals surface area (Å²) in [5.41, 5.74) is 1.35. The molecule has 1 N–H and O–H groups in total. The second kappa shape index (κ2) is 7.46. The molecule has 3 atom stereocenters. The molecule has 0 aliphatic carbocycles. The Hall–Kier alpha value is -1.39. The van der Waals surface area contributed by atoms with Gasteiger partial charge in [0, 0.05) is 38.3 Å². The molecule has 1 aromatic carbocycles. The zero-order valence-electron chi connectivity index (χ0n) is 15.4. The Bertz CT molecular complexity index is 578. The van der Waals surface area contributed by atoms with Crippen LogP contribution < -0.4 is 5.32 Å². The van der Waals surface area contributed by atoms with Crippen LogP contribution in [0, 0.1) is 5.92 Å². The van der Waals surface area contributed by atoms with Crippen LogP contribution >= 0.6 is 0 Å². The number of hydrogen-bond acceptors (Lipinski definition) is 3. The van der Waals surface area contributed by atoms with Crippen molar-refractivity contribution in [3.8, 4) is 0 Å². The molecule has 136 valence electrons. The van der Waals surface area contributed by atoms with Crippen LogP contribution in [0.4, 0.5) is 0 Å². The lowest BCUT2D eigenvalue weighted by molar-refractivity contribution is -0.139. The molecule has 0 aromatic heterocycles. The molecule has 1 aromatic rings. The standard InChI is InChI=1S/C21H31N3O/c1-23(20-12-18-9-10-19(13-20)22-18)21(25)17-8-5-11-24(15-17)14-16-6-3-2-4-7-16/h2-4,6-7,17-20,22H,5,8-15H2,1H3. The summed E-state index contributed by atoms with van der Waals surface area (Å²) in [6.07, 6.45) is 7.04. The van der Waals surface area contributed by atoms with Gasteiger partial charge < -0.3 is 10.2 Å². The van der Waals surface area contributed by atoms with Gasteiger partial charge in [-0.15, -0.1) is 0 Å². The predicted octanol–water partition coefficient (Wildman–Crippen LogP) is 2.64. The largest absolute Gasteiger partial charge is 0.342 e. The molecule has 0 radical (unpaired) electrons. The third-order valence-electron chi connectivity index (χ3n) is 6.45. The van der Waals surface area contributed by atoms with Gasteiger partial charge in [0.2, 0.25) is 5.91 Å². The molecule has 25 heavy (non-hydrogen) atoms. The Balaban J connectivity index is 1.34. The minimum Gasteiger partial charge on any atom is -0.342 e. The molecule has 4 nitrogen and oxygen atoms in total. The molecule has 3 heterocycles. The van der Waals surface area contributed by atoms with Gasteiger partial charge in [-0.1, -0.05) is 30.3 Å². The van der Waals surface area contributed by atoms with Crippen molar-refractivity contribution in [2.45, 2.75) is 63.2 Å². The van der Waals surface area contributed by atoms with Gasteiger partial charge in [-0.2, -0.15) is 0 Å². The fourth-order valence-electron chi connectivity index (χ4n) is 5.05. The van der Waals surface area contributed by atoms with Crippen molar-refractivity contribution in [1.29, 1.82) is 0 Å². The zero-order chi connectivity index (χ0) is 17.2. The Labute approximate surface area is 151 Å². The quantitative estimate of drug-likeness (QED) is 0.914. The summed E-state index contributed by atoms with van der Waals surface area (Å²) in [4.78, 5) is 17.7. The van der Waals surface area contributed by atoms with E-state index < -0.39 is 0 Å². The van der Waals surface area contributed by atoms with E-state index in [4.69, 9.17) is 0 Å². The number of rotatable bonds is 4. The summed E-state index contributed by atoms with van der Waals surface area (Å²) >= 11 is 0. The van der Waals surface area contributed by atoms with Crippen LogP contribution in [0.1, 0.15) is 44.1 Å². The smallest absolute Gasteiger partial charge is 0.226 e. The fourth-order valence-corrected chi connectivity index (χ4v) is 5.05. The predicted molar refractivity (Wildman–Crippen MR) is 100 cm³/mol. The number of nitrogens with one attached hydrogen (secondary N) is 1. The van der Waals surface area contributed by atoms with Crippen molar-refractivity contribution >= 4 is 5.91 Å². The third kappa shape index (κ3) is 3.90. The third-order valence-corrected chi connectivity index (χ3v) is 6.45. The van der Waals surface area contributed by atoms with Gasteiger partial charge in [0.05, 0.1) is 5.92 Å². The normalized spacial score (nSPS) is 32.5. The van der Waals surface area contributed by atoms with Crippen LogP contribution in [0.25, 0.3) is 0 Å². The Kier molecular flexibility index (Phi) is 5.09. The van der Waals surface area contributed by atoms with Gasteiger partial charge in [0.1, 0.15) is 0 Å². The average Bonchev–Trinajstić information content (AvgIpc) is 2.99. The van der Waals surface area contributed by atoms with E-state index in [0.29, 0.717) is 24.0 Å². The van der Waals surface area contributed by atoms with Gasteiger partial charge in [-0.3, -0.25) is 9.69 Å². The molecule has 3 fully saturated rings. The van der Waals surface area contributed by atoms with Gasteiger partial charge in [-0.05, 0) is 50.6 Å². The summed E-state index contributed by atoms with van der Waals surface area (Å²) in [5, 5.41) is 3.68. The number of hydrogen-bond donors (Lipinski definition) is 1. The highest BCUT2D eigenvalue weighted by Crippen LogP contribution is 2.30. The SMILES string of the molecule is CN(C(=O)C1CCCN(Cc2ccccc2)C1)C1CC2CCC(C1)N2. The minimum absolute atomic E-state index is 0.176. The summed E-state index contributed by atoms with van der Waals surface area (Å²) < 4.78 is 0. The summed E-state index contributed by atoms with van der Waals surface area (Å²) in [6, 6.07) is 12.3. The summed E-state index contributed by atoms with van der Waals surface area (Å²) in [5.74, 6) is 0.555. The van der Waals surface area contributed by atoms with Crippen LogP contribution in [-0.4, -0.2) is 54.0 Å².